The number of carbonyl (C=O) groups is 2. The number of rotatable bonds is 8. The molecule has 0 saturated heterocycles. The van der Waals surface area contributed by atoms with Crippen molar-refractivity contribution in [2.75, 3.05) is 14.2 Å². The monoisotopic (exact) mass is 409 g/mol. The third-order valence-corrected chi connectivity index (χ3v) is 4.35. The summed E-state index contributed by atoms with van der Waals surface area (Å²) in [5, 5.41) is 3.93. The van der Waals surface area contributed by atoms with E-state index < -0.39 is 11.9 Å². The smallest absolute Gasteiger partial charge is 0.263 e. The Kier molecular flexibility index (Phi) is 6.99. The molecule has 1 heterocycles. The molecule has 1 aliphatic heterocycles. The lowest BCUT2D eigenvalue weighted by Gasteiger charge is -2.21. The number of hydrazone groups is 1. The summed E-state index contributed by atoms with van der Waals surface area (Å²) in [6.45, 7) is 0. The summed E-state index contributed by atoms with van der Waals surface area (Å²) in [6, 6.07) is 14.1. The van der Waals surface area contributed by atoms with E-state index in [0.717, 1.165) is 11.1 Å². The van der Waals surface area contributed by atoms with Crippen molar-refractivity contribution in [1.82, 2.24) is 16.3 Å². The topological polar surface area (TPSA) is 113 Å². The van der Waals surface area contributed by atoms with Crippen LogP contribution < -0.4 is 25.8 Å². The zero-order valence-corrected chi connectivity index (χ0v) is 16.7. The van der Waals surface area contributed by atoms with Crippen molar-refractivity contribution in [3.05, 3.63) is 59.7 Å². The molecule has 9 heteroatoms. The van der Waals surface area contributed by atoms with Gasteiger partial charge in [0.1, 0.15) is 11.9 Å². The molecular formula is C21H23N5O4. The number of methoxy groups -OCH3 is 2. The number of hydrazine groups is 1. The highest BCUT2D eigenvalue weighted by Gasteiger charge is 2.25. The van der Waals surface area contributed by atoms with Crippen LogP contribution in [0.4, 0.5) is 0 Å². The molecule has 0 aromatic heterocycles. The second-order valence-electron chi connectivity index (χ2n) is 6.48. The van der Waals surface area contributed by atoms with Crippen molar-refractivity contribution in [1.29, 1.82) is 0 Å². The van der Waals surface area contributed by atoms with Gasteiger partial charge in [0.15, 0.2) is 11.5 Å². The number of nitrogens with one attached hydrogen (secondary N) is 3. The molecule has 0 unspecified atom stereocenters. The van der Waals surface area contributed by atoms with Crippen LogP contribution in [-0.2, 0) is 16.0 Å². The lowest BCUT2D eigenvalue weighted by atomic mass is 10.1. The molecule has 0 fully saturated rings. The maximum absolute atomic E-state index is 12.2. The zero-order valence-electron chi connectivity index (χ0n) is 16.7. The van der Waals surface area contributed by atoms with Crippen LogP contribution in [0.15, 0.2) is 58.6 Å². The Hall–Kier alpha value is -3.88. The van der Waals surface area contributed by atoms with E-state index in [9.17, 15) is 9.59 Å². The molecule has 30 heavy (non-hydrogen) atoms. The molecule has 2 aromatic carbocycles. The van der Waals surface area contributed by atoms with Gasteiger partial charge in [-0.1, -0.05) is 30.3 Å². The van der Waals surface area contributed by atoms with Crippen molar-refractivity contribution in [2.24, 2.45) is 10.1 Å². The first-order valence-electron chi connectivity index (χ1n) is 9.29. The fraction of sp³-hybridized carbons (Fsp3) is 0.238. The van der Waals surface area contributed by atoms with Gasteiger partial charge in [-0.15, -0.1) is 0 Å². The Labute approximate surface area is 174 Å². The Morgan fingerprint density at radius 1 is 1.13 bits per heavy atom. The Morgan fingerprint density at radius 3 is 2.63 bits per heavy atom. The first-order chi connectivity index (χ1) is 14.6. The van der Waals surface area contributed by atoms with Crippen LogP contribution in [-0.4, -0.2) is 44.1 Å². The highest BCUT2D eigenvalue weighted by molar-refractivity contribution is 5.96. The van der Waals surface area contributed by atoms with Crippen molar-refractivity contribution in [3.63, 3.8) is 0 Å². The molecule has 156 valence electrons. The van der Waals surface area contributed by atoms with Gasteiger partial charge >= 0.3 is 0 Å². The number of hydrogen-bond donors (Lipinski definition) is 3. The highest BCUT2D eigenvalue weighted by atomic mass is 16.5. The number of aliphatic imine (C=N–C) groups is 1. The Morgan fingerprint density at radius 2 is 1.90 bits per heavy atom. The van der Waals surface area contributed by atoms with E-state index in [2.05, 4.69) is 26.4 Å². The number of amides is 2. The van der Waals surface area contributed by atoms with E-state index in [1.54, 1.807) is 25.3 Å². The molecule has 3 rings (SSSR count). The molecule has 0 radical (unpaired) electrons. The van der Waals surface area contributed by atoms with E-state index in [1.165, 1.54) is 13.3 Å². The van der Waals surface area contributed by atoms with Gasteiger partial charge in [-0.25, -0.2) is 5.43 Å². The first-order valence-corrected chi connectivity index (χ1v) is 9.29. The normalized spacial score (nSPS) is 15.7. The SMILES string of the molecule is COc1ccc(/C=N\NC(=O)C[C@@H]2N=C(Cc3ccccc3)NNC2=O)cc1OC. The van der Waals surface area contributed by atoms with Gasteiger partial charge in [-0.05, 0) is 29.3 Å². The van der Waals surface area contributed by atoms with Crippen LogP contribution in [0.3, 0.4) is 0 Å². The van der Waals surface area contributed by atoms with Crippen molar-refractivity contribution in [2.45, 2.75) is 18.9 Å². The largest absolute Gasteiger partial charge is 0.493 e. The maximum Gasteiger partial charge on any atom is 0.263 e. The van der Waals surface area contributed by atoms with Crippen molar-refractivity contribution < 1.29 is 19.1 Å². The number of amidine groups is 1. The minimum Gasteiger partial charge on any atom is -0.493 e. The molecule has 9 nitrogen and oxygen atoms in total. The van der Waals surface area contributed by atoms with Gasteiger partial charge in [-0.2, -0.15) is 5.10 Å². The quantitative estimate of drug-likeness (QED) is 0.448. The summed E-state index contributed by atoms with van der Waals surface area (Å²) >= 11 is 0. The van der Waals surface area contributed by atoms with Crippen LogP contribution in [0.2, 0.25) is 0 Å². The minimum atomic E-state index is -0.818. The fourth-order valence-corrected chi connectivity index (χ4v) is 2.85. The number of benzene rings is 2. The third-order valence-electron chi connectivity index (χ3n) is 4.35. The molecular weight excluding hydrogens is 386 g/mol. The average Bonchev–Trinajstić information content (AvgIpc) is 2.76. The Balaban J connectivity index is 1.57. The summed E-state index contributed by atoms with van der Waals surface area (Å²) in [6.07, 6.45) is 1.89. The summed E-state index contributed by atoms with van der Waals surface area (Å²) in [5.74, 6) is 0.953. The fourth-order valence-electron chi connectivity index (χ4n) is 2.85. The molecule has 0 bridgehead atoms. The predicted molar refractivity (Wildman–Crippen MR) is 113 cm³/mol. The number of hydrogen-bond acceptors (Lipinski definition) is 7. The number of nitrogens with zero attached hydrogens (tertiary/aromatic N) is 2. The van der Waals surface area contributed by atoms with Crippen molar-refractivity contribution in [3.8, 4) is 11.5 Å². The maximum atomic E-state index is 12.2. The van der Waals surface area contributed by atoms with Crippen LogP contribution in [0, 0.1) is 0 Å². The molecule has 3 N–H and O–H groups in total. The van der Waals surface area contributed by atoms with Gasteiger partial charge in [-0.3, -0.25) is 25.4 Å². The first kappa shape index (κ1) is 20.8. The molecule has 2 amide bonds. The van der Waals surface area contributed by atoms with Gasteiger partial charge in [0.2, 0.25) is 5.91 Å². The van der Waals surface area contributed by atoms with E-state index in [4.69, 9.17) is 9.47 Å². The summed E-state index contributed by atoms with van der Waals surface area (Å²) in [5.41, 5.74) is 9.50. The second-order valence-corrected chi connectivity index (χ2v) is 6.48. The lowest BCUT2D eigenvalue weighted by molar-refractivity contribution is -0.128. The van der Waals surface area contributed by atoms with Crippen LogP contribution in [0.5, 0.6) is 11.5 Å². The summed E-state index contributed by atoms with van der Waals surface area (Å²) in [7, 11) is 3.09. The molecule has 0 saturated carbocycles. The molecule has 1 atom stereocenters. The highest BCUT2D eigenvalue weighted by Crippen LogP contribution is 2.26. The van der Waals surface area contributed by atoms with E-state index in [-0.39, 0.29) is 12.3 Å². The molecule has 0 aliphatic carbocycles. The van der Waals surface area contributed by atoms with Gasteiger partial charge in [0.25, 0.3) is 5.91 Å². The standard InChI is InChI=1S/C21H23N5O4/c1-29-17-9-8-15(10-18(17)30-2)13-22-25-20(27)12-16-21(28)26-24-19(23-16)11-14-6-4-3-5-7-14/h3-10,13,16H,11-12H2,1-2H3,(H,23,24)(H,25,27)(H,26,28)/b22-13-/t16-/m0/s1. The summed E-state index contributed by atoms with van der Waals surface area (Å²) < 4.78 is 10.4. The molecule has 0 spiro atoms. The average molecular weight is 409 g/mol. The number of carbonyl (C=O) groups excluding carboxylic acids is 2. The Bertz CT molecular complexity index is 959. The van der Waals surface area contributed by atoms with E-state index >= 15 is 0 Å². The zero-order chi connectivity index (χ0) is 21.3. The predicted octanol–water partition coefficient (Wildman–Crippen LogP) is 1.19. The van der Waals surface area contributed by atoms with Crippen LogP contribution >= 0.6 is 0 Å². The third kappa shape index (κ3) is 5.57. The van der Waals surface area contributed by atoms with Gasteiger partial charge in [0, 0.05) is 6.42 Å². The summed E-state index contributed by atoms with van der Waals surface area (Å²) in [4.78, 5) is 28.6. The van der Waals surface area contributed by atoms with Crippen LogP contribution in [0.1, 0.15) is 17.5 Å². The van der Waals surface area contributed by atoms with Gasteiger partial charge < -0.3 is 9.47 Å². The molecule has 1 aliphatic rings. The number of ether oxygens (including phenoxy) is 2. The second kappa shape index (κ2) is 10.1. The lowest BCUT2D eigenvalue weighted by Crippen LogP contribution is -2.52. The van der Waals surface area contributed by atoms with Crippen LogP contribution in [0.25, 0.3) is 0 Å². The van der Waals surface area contributed by atoms with Crippen molar-refractivity contribution >= 4 is 23.9 Å². The molecule has 2 aromatic rings. The van der Waals surface area contributed by atoms with Gasteiger partial charge in [0.05, 0.1) is 26.9 Å². The van der Waals surface area contributed by atoms with E-state index in [1.807, 2.05) is 30.3 Å². The van der Waals surface area contributed by atoms with E-state index in [0.29, 0.717) is 23.8 Å². The minimum absolute atomic E-state index is 0.116.